The summed E-state index contributed by atoms with van der Waals surface area (Å²) in [6, 6.07) is 0. The first-order valence-corrected chi connectivity index (χ1v) is 4.55. The fourth-order valence-electron chi connectivity index (χ4n) is 0.437. The number of hydrogen-bond donors (Lipinski definition) is 1. The summed E-state index contributed by atoms with van der Waals surface area (Å²) in [5, 5.41) is -1.04. The molecule has 5 nitrogen and oxygen atoms in total. The smallest absolute Gasteiger partial charge is 0.418 e. The van der Waals surface area contributed by atoms with E-state index in [2.05, 4.69) is 4.74 Å². The summed E-state index contributed by atoms with van der Waals surface area (Å²) in [5.74, 6) is 0. The van der Waals surface area contributed by atoms with Gasteiger partial charge in [0.2, 0.25) is 15.3 Å². The molecule has 0 aromatic carbocycles. The van der Waals surface area contributed by atoms with Gasteiger partial charge in [-0.3, -0.25) is 0 Å². The van der Waals surface area contributed by atoms with Gasteiger partial charge in [-0.15, -0.1) is 0 Å². The highest BCUT2D eigenvalue weighted by molar-refractivity contribution is 7.92. The monoisotopic (exact) mass is 180 g/mol. The van der Waals surface area contributed by atoms with E-state index in [9.17, 15) is 13.2 Å². The third kappa shape index (κ3) is 2.47. The molecular weight excluding hydrogens is 170 g/mol. The molecule has 0 heterocycles. The zero-order chi connectivity index (χ0) is 9.07. The minimum atomic E-state index is -3.55. The average Bonchev–Trinajstić information content (AvgIpc) is 1.88. The first-order valence-electron chi connectivity index (χ1n) is 2.94. The van der Waals surface area contributed by atoms with Gasteiger partial charge >= 0.3 is 6.47 Å². The molecule has 0 bridgehead atoms. The summed E-state index contributed by atoms with van der Waals surface area (Å²) in [7, 11) is -3.55. The molecule has 6 heteroatoms. The van der Waals surface area contributed by atoms with Crippen molar-refractivity contribution in [2.75, 3.05) is 0 Å². The van der Waals surface area contributed by atoms with Gasteiger partial charge in [0.05, 0.1) is 0 Å². The van der Waals surface area contributed by atoms with Crippen LogP contribution < -0.4 is 5.73 Å². The Morgan fingerprint density at radius 3 is 2.18 bits per heavy atom. The number of sulfone groups is 1. The lowest BCUT2D eigenvalue weighted by Gasteiger charge is -2.12. The van der Waals surface area contributed by atoms with Crippen LogP contribution in [0.5, 0.6) is 0 Å². The highest BCUT2D eigenvalue weighted by Gasteiger charge is 2.26. The third-order valence-electron chi connectivity index (χ3n) is 1.19. The summed E-state index contributed by atoms with van der Waals surface area (Å²) in [4.78, 5) is 9.63. The van der Waals surface area contributed by atoms with Gasteiger partial charge in [-0.25, -0.2) is 13.2 Å². The van der Waals surface area contributed by atoms with Gasteiger partial charge in [-0.2, -0.15) is 0 Å². The maximum atomic E-state index is 11.0. The molecular formula is C5H10NO4S. The minimum Gasteiger partial charge on any atom is -0.438 e. The van der Waals surface area contributed by atoms with E-state index in [1.165, 1.54) is 13.8 Å². The first kappa shape index (κ1) is 10.4. The van der Waals surface area contributed by atoms with Crippen molar-refractivity contribution < 1.29 is 17.9 Å². The molecule has 0 aromatic heterocycles. The van der Waals surface area contributed by atoms with Crippen LogP contribution in [0, 0.1) is 0 Å². The van der Waals surface area contributed by atoms with E-state index >= 15 is 0 Å². The second kappa shape index (κ2) is 3.68. The maximum Gasteiger partial charge on any atom is 0.418 e. The van der Waals surface area contributed by atoms with Crippen LogP contribution in [0.2, 0.25) is 0 Å². The van der Waals surface area contributed by atoms with E-state index < -0.39 is 20.6 Å². The van der Waals surface area contributed by atoms with Crippen molar-refractivity contribution in [3.05, 3.63) is 0 Å². The molecule has 1 radical (unpaired) electrons. The predicted molar refractivity (Wildman–Crippen MR) is 38.8 cm³/mol. The molecule has 0 amide bonds. The normalized spacial score (nSPS) is 17.0. The van der Waals surface area contributed by atoms with E-state index in [4.69, 9.17) is 5.73 Å². The van der Waals surface area contributed by atoms with Gasteiger partial charge in [0.1, 0.15) is 5.37 Å². The van der Waals surface area contributed by atoms with Crippen LogP contribution in [0.15, 0.2) is 0 Å². The van der Waals surface area contributed by atoms with Crippen molar-refractivity contribution in [3.8, 4) is 0 Å². The summed E-state index contributed by atoms with van der Waals surface area (Å²) in [6.45, 7) is 3.58. The molecule has 0 spiro atoms. The third-order valence-corrected chi connectivity index (χ3v) is 3.25. The van der Waals surface area contributed by atoms with Crippen LogP contribution in [0.3, 0.4) is 0 Å². The Bertz CT molecular complexity index is 221. The summed E-state index contributed by atoms with van der Waals surface area (Å²) < 4.78 is 26.1. The largest absolute Gasteiger partial charge is 0.438 e. The Morgan fingerprint density at radius 1 is 1.45 bits per heavy atom. The average molecular weight is 180 g/mol. The van der Waals surface area contributed by atoms with Crippen molar-refractivity contribution in [1.29, 1.82) is 0 Å². The molecule has 11 heavy (non-hydrogen) atoms. The minimum absolute atomic E-state index is 1.04. The van der Waals surface area contributed by atoms with Gasteiger partial charge in [0, 0.05) is 0 Å². The van der Waals surface area contributed by atoms with Crippen molar-refractivity contribution in [2.45, 2.75) is 24.7 Å². The van der Waals surface area contributed by atoms with Gasteiger partial charge in [-0.1, -0.05) is 0 Å². The van der Waals surface area contributed by atoms with Crippen molar-refractivity contribution >= 4 is 16.3 Å². The van der Waals surface area contributed by atoms with Gasteiger partial charge in [-0.05, 0) is 13.8 Å². The SMILES string of the molecule is CC(N)S(=O)(=O)C(C)O[C]=O. The molecule has 0 aromatic rings. The molecule has 0 saturated carbocycles. The molecule has 0 saturated heterocycles. The first-order chi connectivity index (χ1) is 4.92. The highest BCUT2D eigenvalue weighted by Crippen LogP contribution is 2.05. The summed E-state index contributed by atoms with van der Waals surface area (Å²) in [6.07, 6.45) is 0. The molecule has 0 rings (SSSR count). The molecule has 2 atom stereocenters. The van der Waals surface area contributed by atoms with E-state index in [0.29, 0.717) is 0 Å². The Balaban J connectivity index is 4.43. The lowest BCUT2D eigenvalue weighted by Crippen LogP contribution is -2.35. The maximum absolute atomic E-state index is 11.0. The lowest BCUT2D eigenvalue weighted by molar-refractivity contribution is 0.255. The second-order valence-electron chi connectivity index (χ2n) is 2.06. The van der Waals surface area contributed by atoms with E-state index in [1.54, 1.807) is 0 Å². The van der Waals surface area contributed by atoms with Crippen LogP contribution in [-0.4, -0.2) is 25.7 Å². The van der Waals surface area contributed by atoms with Crippen molar-refractivity contribution in [3.63, 3.8) is 0 Å². The predicted octanol–water partition coefficient (Wildman–Crippen LogP) is -0.864. The Labute approximate surface area is 65.4 Å². The van der Waals surface area contributed by atoms with Crippen molar-refractivity contribution in [2.24, 2.45) is 5.73 Å². The fraction of sp³-hybridized carbons (Fsp3) is 0.800. The topological polar surface area (TPSA) is 86.5 Å². The fourth-order valence-corrected chi connectivity index (χ4v) is 1.22. The lowest BCUT2D eigenvalue weighted by atomic mass is 10.8. The van der Waals surface area contributed by atoms with Crippen LogP contribution in [0.4, 0.5) is 0 Å². The second-order valence-corrected chi connectivity index (χ2v) is 4.65. The van der Waals surface area contributed by atoms with Gasteiger partial charge in [0.15, 0.2) is 0 Å². The van der Waals surface area contributed by atoms with Crippen LogP contribution >= 0.6 is 0 Å². The zero-order valence-electron chi connectivity index (χ0n) is 6.27. The van der Waals surface area contributed by atoms with Crippen molar-refractivity contribution in [1.82, 2.24) is 0 Å². The van der Waals surface area contributed by atoms with Crippen LogP contribution in [0.25, 0.3) is 0 Å². The highest BCUT2D eigenvalue weighted by atomic mass is 32.2. The zero-order valence-corrected chi connectivity index (χ0v) is 7.09. The van der Waals surface area contributed by atoms with E-state index in [-0.39, 0.29) is 0 Å². The van der Waals surface area contributed by atoms with Gasteiger partial charge in [0.25, 0.3) is 0 Å². The van der Waals surface area contributed by atoms with Crippen LogP contribution in [-0.2, 0) is 19.4 Å². The number of rotatable bonds is 4. The molecule has 0 aliphatic heterocycles. The van der Waals surface area contributed by atoms with Crippen LogP contribution in [0.1, 0.15) is 13.8 Å². The van der Waals surface area contributed by atoms with E-state index in [1.807, 2.05) is 0 Å². The number of ether oxygens (including phenoxy) is 1. The molecule has 0 fully saturated rings. The Hall–Kier alpha value is -0.620. The molecule has 0 aliphatic rings. The van der Waals surface area contributed by atoms with Gasteiger partial charge < -0.3 is 10.5 Å². The number of carbonyl (C=O) groups excluding carboxylic acids is 1. The molecule has 65 valence electrons. The number of hydrogen-bond acceptors (Lipinski definition) is 5. The standard InChI is InChI=1S/C5H10NO4S/c1-4(6)11(8,9)5(2)10-3-7/h4-5H,6H2,1-2H3. The quantitative estimate of drug-likeness (QED) is 0.608. The molecule has 2 N–H and O–H groups in total. The molecule has 0 aliphatic carbocycles. The Morgan fingerprint density at radius 2 is 1.91 bits per heavy atom. The Kier molecular flexibility index (Phi) is 3.47. The van der Waals surface area contributed by atoms with E-state index in [0.717, 1.165) is 6.47 Å². The molecule has 2 unspecified atom stereocenters. The summed E-state index contributed by atoms with van der Waals surface area (Å²) in [5.41, 5.74) is 3.88. The number of nitrogens with two attached hydrogens (primary N) is 1. The summed E-state index contributed by atoms with van der Waals surface area (Å²) >= 11 is 0.